The molecule has 122 valence electrons. The second-order valence-electron chi connectivity index (χ2n) is 4.84. The summed E-state index contributed by atoms with van der Waals surface area (Å²) in [7, 11) is 0. The van der Waals surface area contributed by atoms with Crippen LogP contribution < -0.4 is 5.32 Å². The molecule has 3 atom stereocenters. The van der Waals surface area contributed by atoms with Crippen molar-refractivity contribution in [2.24, 2.45) is 0 Å². The molecule has 0 aliphatic carbocycles. The third-order valence-corrected chi connectivity index (χ3v) is 6.44. The monoisotopic (exact) mass is 372 g/mol. The summed E-state index contributed by atoms with van der Waals surface area (Å²) in [5, 5.41) is 18.9. The van der Waals surface area contributed by atoms with Crippen LogP contribution >= 0.6 is 34.9 Å². The Morgan fingerprint density at radius 1 is 1.52 bits per heavy atom. The zero-order valence-electron chi connectivity index (χ0n) is 11.8. The van der Waals surface area contributed by atoms with Crippen molar-refractivity contribution in [3.63, 3.8) is 0 Å². The second kappa shape index (κ2) is 6.49. The van der Waals surface area contributed by atoms with E-state index in [-0.39, 0.29) is 28.0 Å². The first kappa shape index (κ1) is 16.3. The van der Waals surface area contributed by atoms with E-state index >= 15 is 0 Å². The van der Waals surface area contributed by atoms with Crippen molar-refractivity contribution in [2.75, 3.05) is 5.75 Å². The van der Waals surface area contributed by atoms with Crippen LogP contribution in [-0.2, 0) is 14.4 Å². The lowest BCUT2D eigenvalue weighted by Crippen LogP contribution is -2.70. The number of rotatable bonds is 5. The van der Waals surface area contributed by atoms with E-state index in [1.807, 2.05) is 6.92 Å². The maximum absolute atomic E-state index is 12.2. The number of hydrogen-bond donors (Lipinski definition) is 2. The Balaban J connectivity index is 1.60. The predicted octanol–water partition coefficient (Wildman–Crippen LogP) is 0.387. The van der Waals surface area contributed by atoms with E-state index in [1.165, 1.54) is 39.8 Å². The molecule has 8 nitrogen and oxygen atoms in total. The fraction of sp³-hybridized carbons (Fsp3) is 0.417. The number of carboxylic acids is 1. The van der Waals surface area contributed by atoms with Crippen LogP contribution in [0.1, 0.15) is 6.92 Å². The molecule has 2 N–H and O–H groups in total. The molecule has 1 aromatic heterocycles. The predicted molar refractivity (Wildman–Crippen MR) is 86.0 cm³/mol. The van der Waals surface area contributed by atoms with Crippen LogP contribution in [0.4, 0.5) is 0 Å². The molecule has 2 unspecified atom stereocenters. The highest BCUT2D eigenvalue weighted by Gasteiger charge is 2.53. The largest absolute Gasteiger partial charge is 0.477 e. The third kappa shape index (κ3) is 3.21. The molecule has 0 aromatic carbocycles. The van der Waals surface area contributed by atoms with Crippen LogP contribution in [0.25, 0.3) is 0 Å². The fourth-order valence-corrected chi connectivity index (χ4v) is 4.92. The topological polar surface area (TPSA) is 112 Å². The average molecular weight is 372 g/mol. The highest BCUT2D eigenvalue weighted by Crippen LogP contribution is 2.40. The van der Waals surface area contributed by atoms with Gasteiger partial charge >= 0.3 is 5.97 Å². The van der Waals surface area contributed by atoms with Gasteiger partial charge in [-0.05, 0) is 13.0 Å². The summed E-state index contributed by atoms with van der Waals surface area (Å²) in [6.07, 6.45) is 1.55. The molecule has 23 heavy (non-hydrogen) atoms. The normalized spacial score (nSPS) is 26.1. The van der Waals surface area contributed by atoms with Crippen LogP contribution in [0, 0.1) is 0 Å². The molecule has 2 aliphatic heterocycles. The van der Waals surface area contributed by atoms with E-state index in [1.54, 1.807) is 11.6 Å². The van der Waals surface area contributed by atoms with E-state index in [0.29, 0.717) is 4.34 Å². The Kier molecular flexibility index (Phi) is 4.60. The van der Waals surface area contributed by atoms with Crippen molar-refractivity contribution in [1.82, 2.24) is 20.4 Å². The number of amides is 2. The smallest absolute Gasteiger partial charge is 0.352 e. The van der Waals surface area contributed by atoms with Gasteiger partial charge in [-0.3, -0.25) is 14.5 Å². The molecule has 3 rings (SSSR count). The Hall–Kier alpha value is -1.59. The first-order valence-corrected chi connectivity index (χ1v) is 9.40. The molecular formula is C12H12N4O4S3. The number of nitrogens with one attached hydrogen (secondary N) is 1. The molecular weight excluding hydrogens is 360 g/mol. The van der Waals surface area contributed by atoms with E-state index in [4.69, 9.17) is 0 Å². The molecule has 2 aliphatic rings. The number of carbonyl (C=O) groups is 3. The Labute approximate surface area is 143 Å². The molecule has 2 amide bonds. The van der Waals surface area contributed by atoms with Gasteiger partial charge in [0.1, 0.15) is 22.6 Å². The van der Waals surface area contributed by atoms with Gasteiger partial charge in [-0.2, -0.15) is 0 Å². The summed E-state index contributed by atoms with van der Waals surface area (Å²) in [6, 6.07) is -0.687. The number of fused-ring (bicyclic) bond motifs is 1. The van der Waals surface area contributed by atoms with Gasteiger partial charge in [-0.25, -0.2) is 4.79 Å². The average Bonchev–Trinajstić information content (AvgIpc) is 3.03. The summed E-state index contributed by atoms with van der Waals surface area (Å²) in [5.74, 6) is -1.68. The van der Waals surface area contributed by atoms with E-state index < -0.39 is 17.9 Å². The molecule has 0 radical (unpaired) electrons. The van der Waals surface area contributed by atoms with E-state index in [9.17, 15) is 19.5 Å². The van der Waals surface area contributed by atoms with Crippen LogP contribution in [0.3, 0.4) is 0 Å². The van der Waals surface area contributed by atoms with Crippen molar-refractivity contribution in [3.8, 4) is 0 Å². The number of β-lactam (4-membered cyclic amide) rings is 1. The van der Waals surface area contributed by atoms with Crippen LogP contribution in [0.2, 0.25) is 0 Å². The second-order valence-corrected chi connectivity index (χ2v) is 8.39. The molecule has 11 heteroatoms. The van der Waals surface area contributed by atoms with E-state index in [0.717, 1.165) is 0 Å². The standard InChI is InChI=1S/C12H12N4O4S3/c1-5-2-6(11(19)20)16-9(18)8(10(16)23-5)14-7(17)3-21-12-15-13-4-22-12/h2,4-5,8,10H,3H2,1H3,(H,14,17)(H,19,20)/t5?,8?,10-/m0/s1. The third-order valence-electron chi connectivity index (χ3n) is 3.25. The number of thioether (sulfide) groups is 2. The van der Waals surface area contributed by atoms with Crippen LogP contribution in [0.5, 0.6) is 0 Å². The van der Waals surface area contributed by atoms with E-state index in [2.05, 4.69) is 15.5 Å². The first-order valence-electron chi connectivity index (χ1n) is 6.59. The number of carbonyl (C=O) groups excluding carboxylic acids is 2. The fourth-order valence-electron chi connectivity index (χ4n) is 2.30. The SMILES string of the molecule is CC1C=C(C(=O)O)N2C(=O)C(NC(=O)CSc3nncs3)[C@@H]2S1. The highest BCUT2D eigenvalue weighted by atomic mass is 32.2. The van der Waals surface area contributed by atoms with Gasteiger partial charge in [-0.15, -0.1) is 22.0 Å². The van der Waals surface area contributed by atoms with Gasteiger partial charge in [0, 0.05) is 5.25 Å². The lowest BCUT2D eigenvalue weighted by molar-refractivity contribution is -0.150. The van der Waals surface area contributed by atoms with Crippen LogP contribution in [0.15, 0.2) is 21.6 Å². The minimum atomic E-state index is -1.13. The molecule has 0 bridgehead atoms. The van der Waals surface area contributed by atoms with Crippen molar-refractivity contribution in [2.45, 2.75) is 27.9 Å². The van der Waals surface area contributed by atoms with Crippen molar-refractivity contribution in [1.29, 1.82) is 0 Å². The minimum Gasteiger partial charge on any atom is -0.477 e. The summed E-state index contributed by atoms with van der Waals surface area (Å²) in [4.78, 5) is 36.6. The highest BCUT2D eigenvalue weighted by molar-refractivity contribution is 8.01. The minimum absolute atomic E-state index is 0.0139. The van der Waals surface area contributed by atoms with Gasteiger partial charge < -0.3 is 10.4 Å². The number of aliphatic carboxylic acids is 1. The summed E-state index contributed by atoms with van der Waals surface area (Å²) < 4.78 is 0.679. The van der Waals surface area contributed by atoms with Gasteiger partial charge in [-0.1, -0.05) is 23.1 Å². The first-order chi connectivity index (χ1) is 11.0. The zero-order valence-corrected chi connectivity index (χ0v) is 14.3. The van der Waals surface area contributed by atoms with Crippen molar-refractivity contribution in [3.05, 3.63) is 17.3 Å². The molecule has 0 spiro atoms. The number of hydrogen-bond acceptors (Lipinski definition) is 8. The molecule has 1 aromatic rings. The molecule has 1 saturated heterocycles. The van der Waals surface area contributed by atoms with Gasteiger partial charge in [0.05, 0.1) is 5.75 Å². The van der Waals surface area contributed by atoms with Crippen LogP contribution in [-0.4, -0.2) is 60.4 Å². The quantitative estimate of drug-likeness (QED) is 0.564. The number of carboxylic acid groups (broad SMARTS) is 1. The summed E-state index contributed by atoms with van der Waals surface area (Å²) >= 11 is 4.03. The Morgan fingerprint density at radius 3 is 2.96 bits per heavy atom. The van der Waals surface area contributed by atoms with Gasteiger partial charge in [0.15, 0.2) is 4.34 Å². The van der Waals surface area contributed by atoms with Crippen molar-refractivity contribution < 1.29 is 19.5 Å². The molecule has 1 fully saturated rings. The Morgan fingerprint density at radius 2 is 2.30 bits per heavy atom. The Bertz CT molecular complexity index is 678. The summed E-state index contributed by atoms with van der Waals surface area (Å²) in [6.45, 7) is 1.86. The lowest BCUT2D eigenvalue weighted by atomic mass is 10.0. The van der Waals surface area contributed by atoms with Gasteiger partial charge in [0.2, 0.25) is 5.91 Å². The zero-order chi connectivity index (χ0) is 16.6. The van der Waals surface area contributed by atoms with Crippen molar-refractivity contribution >= 4 is 52.6 Å². The lowest BCUT2D eigenvalue weighted by Gasteiger charge is -2.49. The number of nitrogens with zero attached hydrogens (tertiary/aromatic N) is 3. The number of aromatic nitrogens is 2. The molecule has 3 heterocycles. The molecule has 0 saturated carbocycles. The maximum atomic E-state index is 12.2. The maximum Gasteiger partial charge on any atom is 0.352 e. The van der Waals surface area contributed by atoms with Gasteiger partial charge in [0.25, 0.3) is 5.91 Å². The summed E-state index contributed by atoms with van der Waals surface area (Å²) in [5.41, 5.74) is 1.56.